The molecule has 1 saturated carbocycles. The van der Waals surface area contributed by atoms with E-state index in [9.17, 15) is 0 Å². The van der Waals surface area contributed by atoms with Gasteiger partial charge in [-0.05, 0) is 36.5 Å². The van der Waals surface area contributed by atoms with Gasteiger partial charge in [-0.25, -0.2) is 0 Å². The van der Waals surface area contributed by atoms with E-state index in [4.69, 9.17) is 22.1 Å². The molecule has 1 atom stereocenters. The third kappa shape index (κ3) is 2.11. The quantitative estimate of drug-likeness (QED) is 0.858. The summed E-state index contributed by atoms with van der Waals surface area (Å²) in [6.45, 7) is 0. The van der Waals surface area contributed by atoms with E-state index in [0.717, 1.165) is 5.56 Å². The SMILES string of the molecule is COc1ccc(C(N)C2CCC2)cc1Cl. The third-order valence-electron chi connectivity index (χ3n) is 3.22. The summed E-state index contributed by atoms with van der Waals surface area (Å²) in [6, 6.07) is 5.94. The minimum Gasteiger partial charge on any atom is -0.495 e. The van der Waals surface area contributed by atoms with Gasteiger partial charge >= 0.3 is 0 Å². The molecule has 1 aromatic carbocycles. The van der Waals surface area contributed by atoms with Crippen LogP contribution in [0, 0.1) is 5.92 Å². The van der Waals surface area contributed by atoms with E-state index in [-0.39, 0.29) is 6.04 Å². The van der Waals surface area contributed by atoms with Crippen LogP contribution < -0.4 is 10.5 Å². The fourth-order valence-corrected chi connectivity index (χ4v) is 2.23. The molecule has 0 amide bonds. The molecule has 3 heteroatoms. The number of hydrogen-bond acceptors (Lipinski definition) is 2. The van der Waals surface area contributed by atoms with Gasteiger partial charge in [0.05, 0.1) is 12.1 Å². The van der Waals surface area contributed by atoms with Gasteiger partial charge in [0.15, 0.2) is 0 Å². The maximum atomic E-state index is 6.16. The summed E-state index contributed by atoms with van der Waals surface area (Å²) >= 11 is 6.06. The summed E-state index contributed by atoms with van der Waals surface area (Å²) < 4.78 is 5.11. The van der Waals surface area contributed by atoms with Crippen molar-refractivity contribution in [3.8, 4) is 5.75 Å². The van der Waals surface area contributed by atoms with E-state index in [0.29, 0.717) is 16.7 Å². The van der Waals surface area contributed by atoms with E-state index in [1.165, 1.54) is 19.3 Å². The van der Waals surface area contributed by atoms with Crippen molar-refractivity contribution in [2.45, 2.75) is 25.3 Å². The third-order valence-corrected chi connectivity index (χ3v) is 3.51. The summed E-state index contributed by atoms with van der Waals surface area (Å²) in [5, 5.41) is 0.643. The summed E-state index contributed by atoms with van der Waals surface area (Å²) in [5.41, 5.74) is 7.28. The van der Waals surface area contributed by atoms with Crippen LogP contribution in [0.25, 0.3) is 0 Å². The highest BCUT2D eigenvalue weighted by Gasteiger charge is 2.25. The number of methoxy groups -OCH3 is 1. The van der Waals surface area contributed by atoms with E-state index in [1.54, 1.807) is 7.11 Å². The monoisotopic (exact) mass is 225 g/mol. The fourth-order valence-electron chi connectivity index (χ4n) is 1.96. The predicted molar refractivity (Wildman–Crippen MR) is 62.3 cm³/mol. The Kier molecular flexibility index (Phi) is 3.17. The van der Waals surface area contributed by atoms with E-state index < -0.39 is 0 Å². The molecular weight excluding hydrogens is 210 g/mol. The van der Waals surface area contributed by atoms with Gasteiger partial charge in [-0.15, -0.1) is 0 Å². The zero-order chi connectivity index (χ0) is 10.8. The molecule has 82 valence electrons. The largest absolute Gasteiger partial charge is 0.495 e. The molecule has 2 nitrogen and oxygen atoms in total. The molecule has 15 heavy (non-hydrogen) atoms. The van der Waals surface area contributed by atoms with Gasteiger partial charge in [-0.3, -0.25) is 0 Å². The molecule has 2 N–H and O–H groups in total. The van der Waals surface area contributed by atoms with Crippen molar-refractivity contribution in [2.24, 2.45) is 11.7 Å². The van der Waals surface area contributed by atoms with Gasteiger partial charge in [0.25, 0.3) is 0 Å². The first-order chi connectivity index (χ1) is 7.22. The van der Waals surface area contributed by atoms with Gasteiger partial charge in [0, 0.05) is 6.04 Å². The minimum atomic E-state index is 0.127. The molecule has 0 aliphatic heterocycles. The number of nitrogens with two attached hydrogens (primary N) is 1. The topological polar surface area (TPSA) is 35.2 Å². The second-order valence-corrected chi connectivity index (χ2v) is 4.52. The average molecular weight is 226 g/mol. The first-order valence-corrected chi connectivity index (χ1v) is 5.69. The molecule has 0 spiro atoms. The van der Waals surface area contributed by atoms with Crippen LogP contribution in [0.2, 0.25) is 5.02 Å². The Bertz CT molecular complexity index is 349. The van der Waals surface area contributed by atoms with Gasteiger partial charge in [0.1, 0.15) is 5.75 Å². The van der Waals surface area contributed by atoms with Crippen LogP contribution in [0.3, 0.4) is 0 Å². The first-order valence-electron chi connectivity index (χ1n) is 5.31. The molecule has 2 rings (SSSR count). The maximum Gasteiger partial charge on any atom is 0.137 e. The number of ether oxygens (including phenoxy) is 1. The van der Waals surface area contributed by atoms with Gasteiger partial charge < -0.3 is 10.5 Å². The van der Waals surface area contributed by atoms with Crippen LogP contribution in [-0.4, -0.2) is 7.11 Å². The number of halogens is 1. The summed E-state index contributed by atoms with van der Waals surface area (Å²) in [7, 11) is 1.62. The van der Waals surface area contributed by atoms with E-state index >= 15 is 0 Å². The molecule has 0 aromatic heterocycles. The summed E-state index contributed by atoms with van der Waals surface area (Å²) in [4.78, 5) is 0. The molecule has 0 saturated heterocycles. The number of benzene rings is 1. The fraction of sp³-hybridized carbons (Fsp3) is 0.500. The standard InChI is InChI=1S/C12H16ClNO/c1-15-11-6-5-9(7-10(11)13)12(14)8-3-2-4-8/h5-8,12H,2-4,14H2,1H3. The Hall–Kier alpha value is -0.730. The molecule has 1 unspecified atom stereocenters. The lowest BCUT2D eigenvalue weighted by Crippen LogP contribution is -2.26. The molecule has 0 bridgehead atoms. The Labute approximate surface area is 95.4 Å². The molecule has 1 aromatic rings. The Morgan fingerprint density at radius 1 is 1.47 bits per heavy atom. The van der Waals surface area contributed by atoms with Crippen LogP contribution in [0.5, 0.6) is 5.75 Å². The Morgan fingerprint density at radius 2 is 2.20 bits per heavy atom. The smallest absolute Gasteiger partial charge is 0.137 e. The summed E-state index contributed by atoms with van der Waals surface area (Å²) in [5.74, 6) is 1.34. The lowest BCUT2D eigenvalue weighted by atomic mass is 9.77. The van der Waals surface area contributed by atoms with Crippen LogP contribution >= 0.6 is 11.6 Å². The van der Waals surface area contributed by atoms with Crippen molar-refractivity contribution in [1.29, 1.82) is 0 Å². The van der Waals surface area contributed by atoms with Crippen molar-refractivity contribution in [3.05, 3.63) is 28.8 Å². The number of hydrogen-bond donors (Lipinski definition) is 1. The predicted octanol–water partition coefficient (Wildman–Crippen LogP) is 3.15. The number of rotatable bonds is 3. The molecule has 1 aliphatic carbocycles. The zero-order valence-corrected chi connectivity index (χ0v) is 9.63. The zero-order valence-electron chi connectivity index (χ0n) is 8.87. The van der Waals surface area contributed by atoms with Crippen molar-refractivity contribution in [2.75, 3.05) is 7.11 Å². The van der Waals surface area contributed by atoms with Gasteiger partial charge in [-0.2, -0.15) is 0 Å². The molecule has 0 heterocycles. The molecular formula is C12H16ClNO. The van der Waals surface area contributed by atoms with Crippen LogP contribution in [0.15, 0.2) is 18.2 Å². The van der Waals surface area contributed by atoms with Gasteiger partial charge in [0.2, 0.25) is 0 Å². The van der Waals surface area contributed by atoms with E-state index in [1.807, 2.05) is 18.2 Å². The molecule has 0 radical (unpaired) electrons. The Morgan fingerprint density at radius 3 is 2.67 bits per heavy atom. The van der Waals surface area contributed by atoms with Crippen molar-refractivity contribution in [3.63, 3.8) is 0 Å². The normalized spacial score (nSPS) is 18.3. The highest BCUT2D eigenvalue weighted by atomic mass is 35.5. The lowest BCUT2D eigenvalue weighted by Gasteiger charge is -2.31. The van der Waals surface area contributed by atoms with Crippen LogP contribution in [0.1, 0.15) is 30.9 Å². The van der Waals surface area contributed by atoms with Crippen molar-refractivity contribution < 1.29 is 4.74 Å². The van der Waals surface area contributed by atoms with Crippen molar-refractivity contribution in [1.82, 2.24) is 0 Å². The maximum absolute atomic E-state index is 6.16. The van der Waals surface area contributed by atoms with Crippen molar-refractivity contribution >= 4 is 11.6 Å². The molecule has 1 fully saturated rings. The second-order valence-electron chi connectivity index (χ2n) is 4.11. The van der Waals surface area contributed by atoms with Gasteiger partial charge in [-0.1, -0.05) is 24.1 Å². The van der Waals surface area contributed by atoms with E-state index in [2.05, 4.69) is 0 Å². The summed E-state index contributed by atoms with van der Waals surface area (Å²) in [6.07, 6.45) is 3.79. The lowest BCUT2D eigenvalue weighted by molar-refractivity contribution is 0.264. The average Bonchev–Trinajstić information content (AvgIpc) is 2.15. The second kappa shape index (κ2) is 4.42. The van der Waals surface area contributed by atoms with Crippen LogP contribution in [0.4, 0.5) is 0 Å². The Balaban J connectivity index is 2.17. The first kappa shape index (κ1) is 10.8. The molecule has 1 aliphatic rings. The highest BCUT2D eigenvalue weighted by molar-refractivity contribution is 6.32. The highest BCUT2D eigenvalue weighted by Crippen LogP contribution is 2.37. The minimum absolute atomic E-state index is 0.127. The van der Waals surface area contributed by atoms with Crippen LogP contribution in [-0.2, 0) is 0 Å².